The Kier molecular flexibility index (Phi) is 12.8. The van der Waals surface area contributed by atoms with Gasteiger partial charge in [0, 0.05) is 54.5 Å². The summed E-state index contributed by atoms with van der Waals surface area (Å²) in [6.07, 6.45) is -4.97. The third kappa shape index (κ3) is 8.68. The number of hydrogen-bond donors (Lipinski definition) is 7. The number of carbonyl (C=O) groups is 5. The fourth-order valence-electron chi connectivity index (χ4n) is 7.64. The molecule has 0 bridgehead atoms. The van der Waals surface area contributed by atoms with E-state index in [4.69, 9.17) is 36.3 Å². The third-order valence-electron chi connectivity index (χ3n) is 10.6. The zero-order valence-corrected chi connectivity index (χ0v) is 32.5. The standard InChI is InChI=1S/C41H44N2O14S/c1-20-35(48)24(43-40(58)42-21-10-5-3-6-11-21)16-30(56-20)57-26-18-41(53,27(44)19-55-29(47)15-8-4-7-14-28(45)46)17-23-32(26)39(52)34-33(37(23)50)36(49)22-12-9-13-25(54-2)31(22)38(34)51/h3,5-6,9-13,20,24,26,30,35,48,50,52-53H,4,7-8,14-19H2,1-2H3,(H,45,46)(H2,42,43,58)/t20-,24-,26-,30-,35+,41-/m0/s1. The molecule has 58 heavy (non-hydrogen) atoms. The van der Waals surface area contributed by atoms with Gasteiger partial charge in [-0.15, -0.1) is 0 Å². The lowest BCUT2D eigenvalue weighted by atomic mass is 9.72. The first-order valence-electron chi connectivity index (χ1n) is 18.7. The van der Waals surface area contributed by atoms with Crippen molar-refractivity contribution in [2.75, 3.05) is 19.0 Å². The number of aromatic hydroxyl groups is 2. The second kappa shape index (κ2) is 17.6. The average Bonchev–Trinajstić information content (AvgIpc) is 3.18. The summed E-state index contributed by atoms with van der Waals surface area (Å²) < 4.78 is 22.9. The van der Waals surface area contributed by atoms with Crippen molar-refractivity contribution in [2.45, 2.75) is 94.5 Å². The SMILES string of the molecule is COc1cccc2c1C(=O)c1c(O)c3c(c(O)c1C2=O)C[C@@](O)(C(=O)COC(=O)CCCCCC(=O)O)C[C@@H]3O[C@H]1C[C@H](NC(=S)Nc2ccccc2)[C@H](O)[C@H](C)O1. The number of aliphatic hydroxyl groups excluding tert-OH is 1. The molecule has 3 aromatic carbocycles. The number of ketones is 3. The van der Waals surface area contributed by atoms with Crippen LogP contribution < -0.4 is 15.4 Å². The first kappa shape index (κ1) is 42.2. The van der Waals surface area contributed by atoms with Crippen LogP contribution in [0.2, 0.25) is 0 Å². The summed E-state index contributed by atoms with van der Waals surface area (Å²) in [5.74, 6) is -5.77. The highest BCUT2D eigenvalue weighted by molar-refractivity contribution is 7.80. The number of ether oxygens (including phenoxy) is 4. The Morgan fingerprint density at radius 2 is 1.66 bits per heavy atom. The van der Waals surface area contributed by atoms with Gasteiger partial charge < -0.3 is 55.1 Å². The molecule has 3 aliphatic rings. The van der Waals surface area contributed by atoms with E-state index < -0.39 is 108 Å². The lowest BCUT2D eigenvalue weighted by molar-refractivity contribution is -0.248. The first-order valence-corrected chi connectivity index (χ1v) is 19.2. The minimum atomic E-state index is -2.40. The normalized spacial score (nSPS) is 23.5. The number of Topliss-reactive ketones (excluding diaryl/α,β-unsaturated/α-hetero) is 1. The van der Waals surface area contributed by atoms with Crippen LogP contribution >= 0.6 is 12.2 Å². The molecule has 1 aliphatic heterocycles. The average molecular weight is 821 g/mol. The number of carboxylic acids is 1. The molecule has 0 spiro atoms. The Labute approximate surface area is 338 Å². The fraction of sp³-hybridized carbons (Fsp3) is 0.415. The molecule has 16 nitrogen and oxygen atoms in total. The second-order valence-electron chi connectivity index (χ2n) is 14.5. The number of phenols is 2. The molecule has 0 unspecified atom stereocenters. The predicted molar refractivity (Wildman–Crippen MR) is 208 cm³/mol. The van der Waals surface area contributed by atoms with Gasteiger partial charge in [0.15, 0.2) is 23.8 Å². The van der Waals surface area contributed by atoms with Crippen molar-refractivity contribution in [2.24, 2.45) is 0 Å². The van der Waals surface area contributed by atoms with E-state index in [-0.39, 0.29) is 52.4 Å². The van der Waals surface area contributed by atoms with Gasteiger partial charge in [0.2, 0.25) is 11.6 Å². The van der Waals surface area contributed by atoms with E-state index in [2.05, 4.69) is 10.6 Å². The molecule has 1 fully saturated rings. The maximum atomic E-state index is 14.1. The highest BCUT2D eigenvalue weighted by atomic mass is 32.1. The molecule has 17 heteroatoms. The number of aliphatic hydroxyl groups is 2. The number of hydrogen-bond acceptors (Lipinski definition) is 14. The van der Waals surface area contributed by atoms with E-state index in [1.54, 1.807) is 19.1 Å². The van der Waals surface area contributed by atoms with E-state index >= 15 is 0 Å². The zero-order valence-electron chi connectivity index (χ0n) is 31.7. The van der Waals surface area contributed by atoms with E-state index in [1.807, 2.05) is 18.2 Å². The van der Waals surface area contributed by atoms with Crippen molar-refractivity contribution in [3.63, 3.8) is 0 Å². The van der Waals surface area contributed by atoms with Gasteiger partial charge in [-0.05, 0) is 50.2 Å². The monoisotopic (exact) mass is 820 g/mol. The smallest absolute Gasteiger partial charge is 0.306 e. The minimum Gasteiger partial charge on any atom is -0.507 e. The first-order chi connectivity index (χ1) is 27.6. The highest BCUT2D eigenvalue weighted by Gasteiger charge is 2.50. The predicted octanol–water partition coefficient (Wildman–Crippen LogP) is 3.62. The number of esters is 1. The number of anilines is 1. The molecular weight excluding hydrogens is 777 g/mol. The van der Waals surface area contributed by atoms with E-state index in [1.165, 1.54) is 25.3 Å². The zero-order chi connectivity index (χ0) is 41.9. The van der Waals surface area contributed by atoms with Gasteiger partial charge in [-0.3, -0.25) is 24.0 Å². The number of carboxylic acid groups (broad SMARTS) is 1. The largest absolute Gasteiger partial charge is 0.507 e. The van der Waals surface area contributed by atoms with Gasteiger partial charge in [0.05, 0.1) is 42.0 Å². The number of benzene rings is 3. The summed E-state index contributed by atoms with van der Waals surface area (Å²) in [5.41, 5.74) is -3.44. The summed E-state index contributed by atoms with van der Waals surface area (Å²) in [6, 6.07) is 12.6. The van der Waals surface area contributed by atoms with Crippen LogP contribution in [0.15, 0.2) is 48.5 Å². The number of rotatable bonds is 14. The van der Waals surface area contributed by atoms with Crippen molar-refractivity contribution in [3.05, 3.63) is 81.9 Å². The summed E-state index contributed by atoms with van der Waals surface area (Å²) >= 11 is 5.49. The number of para-hydroxylation sites is 1. The minimum absolute atomic E-state index is 0.0515. The van der Waals surface area contributed by atoms with Gasteiger partial charge in [-0.1, -0.05) is 36.8 Å². The van der Waals surface area contributed by atoms with Crippen LogP contribution in [0.5, 0.6) is 17.2 Å². The van der Waals surface area contributed by atoms with Crippen molar-refractivity contribution >= 4 is 52.3 Å². The summed E-state index contributed by atoms with van der Waals surface area (Å²) in [4.78, 5) is 65.0. The van der Waals surface area contributed by atoms with Crippen molar-refractivity contribution in [3.8, 4) is 17.2 Å². The maximum Gasteiger partial charge on any atom is 0.306 e. The number of carbonyl (C=O) groups excluding carboxylic acids is 4. The molecular formula is C41H44N2O14S. The Bertz CT molecular complexity index is 2130. The molecule has 6 rings (SSSR count). The van der Waals surface area contributed by atoms with Crippen LogP contribution in [0.25, 0.3) is 0 Å². The Morgan fingerprint density at radius 3 is 2.36 bits per heavy atom. The van der Waals surface area contributed by atoms with Crippen LogP contribution in [0, 0.1) is 0 Å². The lowest BCUT2D eigenvalue weighted by Gasteiger charge is -2.43. The molecule has 6 atom stereocenters. The van der Waals surface area contributed by atoms with Gasteiger partial charge in [-0.2, -0.15) is 0 Å². The molecule has 1 saturated heterocycles. The van der Waals surface area contributed by atoms with Gasteiger partial charge in [0.25, 0.3) is 0 Å². The van der Waals surface area contributed by atoms with Gasteiger partial charge in [0.1, 0.15) is 29.0 Å². The van der Waals surface area contributed by atoms with E-state index in [9.17, 15) is 44.4 Å². The van der Waals surface area contributed by atoms with E-state index in [0.717, 1.165) is 0 Å². The van der Waals surface area contributed by atoms with Crippen molar-refractivity contribution < 1.29 is 68.5 Å². The maximum absolute atomic E-state index is 14.1. The van der Waals surface area contributed by atoms with Crippen LogP contribution in [0.1, 0.15) is 101 Å². The quantitative estimate of drug-likeness (QED) is 0.0416. The van der Waals surface area contributed by atoms with Crippen LogP contribution in [0.4, 0.5) is 5.69 Å². The molecule has 0 radical (unpaired) electrons. The number of phenolic OH excluding ortho intramolecular Hbond substituents is 2. The fourth-order valence-corrected chi connectivity index (χ4v) is 7.91. The van der Waals surface area contributed by atoms with Gasteiger partial charge in [-0.25, -0.2) is 0 Å². The second-order valence-corrected chi connectivity index (χ2v) is 14.9. The lowest BCUT2D eigenvalue weighted by Crippen LogP contribution is -2.56. The van der Waals surface area contributed by atoms with Crippen molar-refractivity contribution in [1.82, 2.24) is 5.32 Å². The number of unbranched alkanes of at least 4 members (excludes halogenated alkanes) is 2. The summed E-state index contributed by atoms with van der Waals surface area (Å²) in [7, 11) is 1.31. The Hall–Kier alpha value is -5.46. The topological polar surface area (TPSA) is 247 Å². The summed E-state index contributed by atoms with van der Waals surface area (Å²) in [6.45, 7) is 0.711. The molecule has 2 aliphatic carbocycles. The van der Waals surface area contributed by atoms with Crippen LogP contribution in [-0.2, 0) is 35.0 Å². The van der Waals surface area contributed by atoms with Crippen LogP contribution in [0.3, 0.4) is 0 Å². The molecule has 1 heterocycles. The molecule has 0 saturated carbocycles. The molecule has 3 aromatic rings. The Morgan fingerprint density at radius 1 is 0.948 bits per heavy atom. The number of thiocarbonyl (C=S) groups is 1. The summed E-state index contributed by atoms with van der Waals surface area (Å²) in [5, 5.41) is 61.9. The highest BCUT2D eigenvalue weighted by Crippen LogP contribution is 2.52. The van der Waals surface area contributed by atoms with E-state index in [0.29, 0.717) is 24.9 Å². The molecule has 7 N–H and O–H groups in total. The number of nitrogens with one attached hydrogen (secondary N) is 2. The Balaban J connectivity index is 1.31. The number of aliphatic carboxylic acids is 1. The van der Waals surface area contributed by atoms with Gasteiger partial charge >= 0.3 is 11.9 Å². The molecule has 308 valence electrons. The number of fused-ring (bicyclic) bond motifs is 3. The molecule has 0 amide bonds. The molecule has 0 aromatic heterocycles. The van der Waals surface area contributed by atoms with Crippen LogP contribution in [-0.4, -0.2) is 104 Å². The third-order valence-corrected chi connectivity index (χ3v) is 10.8. The number of methoxy groups -OCH3 is 1. The van der Waals surface area contributed by atoms with Crippen molar-refractivity contribution in [1.29, 1.82) is 0 Å².